The topological polar surface area (TPSA) is 44.8 Å². The third-order valence-electron chi connectivity index (χ3n) is 1.56. The van der Waals surface area contributed by atoms with Crippen LogP contribution in [0, 0.1) is 0 Å². The van der Waals surface area contributed by atoms with Gasteiger partial charge in [0.15, 0.2) is 0 Å². The van der Waals surface area contributed by atoms with Gasteiger partial charge in [-0.15, -0.1) is 0 Å². The molecule has 0 radical (unpaired) electrons. The highest BCUT2D eigenvalue weighted by molar-refractivity contribution is 6.70. The van der Waals surface area contributed by atoms with Crippen LogP contribution in [0.4, 0.5) is 0 Å². The van der Waals surface area contributed by atoms with Gasteiger partial charge in [0.1, 0.15) is 5.57 Å². The Morgan fingerprint density at radius 2 is 1.56 bits per heavy atom. The lowest BCUT2D eigenvalue weighted by atomic mass is 10.3. The molecule has 5 heteroatoms. The Morgan fingerprint density at radius 1 is 1.06 bits per heavy atom. The Labute approximate surface area is 98.7 Å². The zero-order chi connectivity index (χ0) is 12.8. The minimum absolute atomic E-state index is 0.306. The molecule has 0 heterocycles. The molecule has 0 rings (SSSR count). The Morgan fingerprint density at radius 3 is 1.94 bits per heavy atom. The summed E-state index contributed by atoms with van der Waals surface area (Å²) >= 11 is 0. The van der Waals surface area contributed by atoms with Crippen molar-refractivity contribution in [2.75, 3.05) is 13.2 Å². The average molecular weight is 246 g/mol. The van der Waals surface area contributed by atoms with Gasteiger partial charge in [-0.05, 0) is 40.4 Å². The van der Waals surface area contributed by atoms with Crippen molar-refractivity contribution in [1.82, 2.24) is 0 Å². The molecule has 0 aromatic rings. The Balaban J connectivity index is 4.84. The maximum absolute atomic E-state index is 11.5. The first-order valence-corrected chi connectivity index (χ1v) is 8.92. The molecule has 94 valence electrons. The molecule has 0 unspecified atom stereocenters. The van der Waals surface area contributed by atoms with Gasteiger partial charge in [0.25, 0.3) is 5.95 Å². The van der Waals surface area contributed by atoms with Crippen LogP contribution in [0.2, 0.25) is 19.6 Å². The highest BCUT2D eigenvalue weighted by Crippen LogP contribution is 2.16. The SMILES string of the molecule is CCOC(=O)/C(C)=C(/OCC)O[Si](C)(C)C. The summed E-state index contributed by atoms with van der Waals surface area (Å²) in [6.07, 6.45) is 0. The number of carbonyl (C=O) groups excluding carboxylic acids is 1. The van der Waals surface area contributed by atoms with Crippen LogP contribution in [0.25, 0.3) is 0 Å². The lowest BCUT2D eigenvalue weighted by Gasteiger charge is -2.22. The van der Waals surface area contributed by atoms with Crippen molar-refractivity contribution >= 4 is 14.3 Å². The second-order valence-electron chi connectivity index (χ2n) is 4.28. The minimum Gasteiger partial charge on any atom is -0.519 e. The van der Waals surface area contributed by atoms with Crippen LogP contribution in [0.3, 0.4) is 0 Å². The Bertz CT molecular complexity index is 266. The van der Waals surface area contributed by atoms with Crippen LogP contribution >= 0.6 is 0 Å². The average Bonchev–Trinajstić information content (AvgIpc) is 2.14. The van der Waals surface area contributed by atoms with E-state index in [1.807, 2.05) is 26.6 Å². The zero-order valence-electron chi connectivity index (χ0n) is 11.0. The lowest BCUT2D eigenvalue weighted by molar-refractivity contribution is -0.139. The molecule has 0 amide bonds. The van der Waals surface area contributed by atoms with Crippen LogP contribution in [-0.2, 0) is 18.7 Å². The molecule has 0 bridgehead atoms. The molecule has 0 aliphatic carbocycles. The lowest BCUT2D eigenvalue weighted by Crippen LogP contribution is -2.27. The van der Waals surface area contributed by atoms with Crippen molar-refractivity contribution in [3.8, 4) is 0 Å². The molecule has 0 saturated carbocycles. The quantitative estimate of drug-likeness (QED) is 0.313. The molecule has 0 spiro atoms. The van der Waals surface area contributed by atoms with Gasteiger partial charge in [-0.3, -0.25) is 0 Å². The van der Waals surface area contributed by atoms with E-state index in [2.05, 4.69) is 0 Å². The summed E-state index contributed by atoms with van der Waals surface area (Å²) in [5, 5.41) is 0. The standard InChI is InChI=1S/C11H22O4Si/c1-7-13-10(12)9(3)11(14-8-2)15-16(4,5)6/h7-8H2,1-6H3/b11-9-. The van der Waals surface area contributed by atoms with Gasteiger partial charge in [-0.1, -0.05) is 0 Å². The summed E-state index contributed by atoms with van der Waals surface area (Å²) < 4.78 is 15.9. The molecular weight excluding hydrogens is 224 g/mol. The third-order valence-corrected chi connectivity index (χ3v) is 2.36. The predicted octanol–water partition coefficient (Wildman–Crippen LogP) is 2.67. The number of esters is 1. The zero-order valence-corrected chi connectivity index (χ0v) is 12.0. The number of carbonyl (C=O) groups is 1. The van der Waals surface area contributed by atoms with Crippen LogP contribution in [0.5, 0.6) is 0 Å². The Hall–Kier alpha value is -0.973. The van der Waals surface area contributed by atoms with Gasteiger partial charge in [0, 0.05) is 0 Å². The normalized spacial score (nSPS) is 12.9. The molecule has 0 aliphatic rings. The van der Waals surface area contributed by atoms with Gasteiger partial charge in [-0.25, -0.2) is 4.79 Å². The third kappa shape index (κ3) is 5.80. The van der Waals surface area contributed by atoms with E-state index in [0.29, 0.717) is 24.7 Å². The fourth-order valence-electron chi connectivity index (χ4n) is 0.946. The first-order valence-electron chi connectivity index (χ1n) is 5.51. The molecule has 4 nitrogen and oxygen atoms in total. The second-order valence-corrected chi connectivity index (χ2v) is 8.71. The first kappa shape index (κ1) is 15.0. The highest BCUT2D eigenvalue weighted by atomic mass is 28.4. The summed E-state index contributed by atoms with van der Waals surface area (Å²) in [5.74, 6) is -0.0793. The summed E-state index contributed by atoms with van der Waals surface area (Å²) in [4.78, 5) is 11.5. The van der Waals surface area contributed by atoms with Crippen molar-refractivity contribution in [1.29, 1.82) is 0 Å². The molecule has 0 N–H and O–H groups in total. The maximum atomic E-state index is 11.5. The fourth-order valence-corrected chi connectivity index (χ4v) is 1.71. The second kappa shape index (κ2) is 6.58. The van der Waals surface area contributed by atoms with Crippen molar-refractivity contribution < 1.29 is 18.7 Å². The van der Waals surface area contributed by atoms with Crippen LogP contribution in [0.15, 0.2) is 11.5 Å². The van der Waals surface area contributed by atoms with Crippen LogP contribution in [0.1, 0.15) is 20.8 Å². The molecule has 0 saturated heterocycles. The number of hydrogen-bond donors (Lipinski definition) is 0. The van der Waals surface area contributed by atoms with Gasteiger partial charge in [0.05, 0.1) is 13.2 Å². The Kier molecular flexibility index (Phi) is 6.18. The van der Waals surface area contributed by atoms with Gasteiger partial charge < -0.3 is 13.9 Å². The summed E-state index contributed by atoms with van der Waals surface area (Å²) in [6.45, 7) is 12.2. The van der Waals surface area contributed by atoms with E-state index in [1.165, 1.54) is 0 Å². The van der Waals surface area contributed by atoms with E-state index in [4.69, 9.17) is 13.9 Å². The maximum Gasteiger partial charge on any atom is 0.340 e. The van der Waals surface area contributed by atoms with E-state index in [1.54, 1.807) is 13.8 Å². The van der Waals surface area contributed by atoms with E-state index >= 15 is 0 Å². The minimum atomic E-state index is -1.78. The number of ether oxygens (including phenoxy) is 2. The van der Waals surface area contributed by atoms with Crippen LogP contribution < -0.4 is 0 Å². The molecule has 0 fully saturated rings. The van der Waals surface area contributed by atoms with E-state index in [-0.39, 0.29) is 5.97 Å². The highest BCUT2D eigenvalue weighted by Gasteiger charge is 2.23. The fraction of sp³-hybridized carbons (Fsp3) is 0.727. The molecule has 0 atom stereocenters. The predicted molar refractivity (Wildman–Crippen MR) is 65.4 cm³/mol. The first-order chi connectivity index (χ1) is 7.31. The summed E-state index contributed by atoms with van der Waals surface area (Å²) in [7, 11) is -1.78. The van der Waals surface area contributed by atoms with Gasteiger partial charge in [0.2, 0.25) is 8.32 Å². The molecular formula is C11H22O4Si. The smallest absolute Gasteiger partial charge is 0.340 e. The van der Waals surface area contributed by atoms with Gasteiger partial charge >= 0.3 is 5.97 Å². The molecule has 0 aliphatic heterocycles. The van der Waals surface area contributed by atoms with E-state index in [0.717, 1.165) is 0 Å². The largest absolute Gasteiger partial charge is 0.519 e. The summed E-state index contributed by atoms with van der Waals surface area (Å²) in [6, 6.07) is 0. The van der Waals surface area contributed by atoms with Crippen molar-refractivity contribution in [3.63, 3.8) is 0 Å². The summed E-state index contributed by atoms with van der Waals surface area (Å²) in [5.41, 5.74) is 0.395. The molecule has 16 heavy (non-hydrogen) atoms. The molecule has 0 aromatic carbocycles. The molecule has 0 aromatic heterocycles. The van der Waals surface area contributed by atoms with Gasteiger partial charge in [-0.2, -0.15) is 0 Å². The van der Waals surface area contributed by atoms with Crippen molar-refractivity contribution in [2.24, 2.45) is 0 Å². The van der Waals surface area contributed by atoms with E-state index < -0.39 is 8.32 Å². The monoisotopic (exact) mass is 246 g/mol. The van der Waals surface area contributed by atoms with E-state index in [9.17, 15) is 4.79 Å². The number of hydrogen-bond acceptors (Lipinski definition) is 4. The van der Waals surface area contributed by atoms with Crippen molar-refractivity contribution in [3.05, 3.63) is 11.5 Å². The van der Waals surface area contributed by atoms with Crippen molar-refractivity contribution in [2.45, 2.75) is 40.4 Å². The van der Waals surface area contributed by atoms with Crippen LogP contribution in [-0.4, -0.2) is 27.5 Å². The number of rotatable bonds is 6.